The minimum Gasteiger partial charge on any atom is -0.476 e. The molecule has 0 aliphatic rings. The van der Waals surface area contributed by atoms with Crippen LogP contribution in [0, 0.1) is 0 Å². The molecule has 2 aromatic rings. The molecule has 1 aromatic heterocycles. The van der Waals surface area contributed by atoms with E-state index >= 15 is 0 Å². The van der Waals surface area contributed by atoms with E-state index in [-0.39, 0.29) is 18.1 Å². The first-order valence-corrected chi connectivity index (χ1v) is 6.55. The second-order valence-corrected chi connectivity index (χ2v) is 4.50. The molecular formula is C14H16N4O3. The number of amides is 1. The van der Waals surface area contributed by atoms with E-state index in [0.29, 0.717) is 13.1 Å². The van der Waals surface area contributed by atoms with Crippen LogP contribution < -0.4 is 0 Å². The van der Waals surface area contributed by atoms with Crippen molar-refractivity contribution < 1.29 is 14.7 Å². The molecule has 2 rings (SSSR count). The molecule has 0 bridgehead atoms. The van der Waals surface area contributed by atoms with Crippen molar-refractivity contribution in [2.75, 3.05) is 6.54 Å². The van der Waals surface area contributed by atoms with Crippen molar-refractivity contribution in [3.63, 3.8) is 0 Å². The maximum Gasteiger partial charge on any atom is 0.358 e. The lowest BCUT2D eigenvalue weighted by Gasteiger charge is -2.20. The fraction of sp³-hybridized carbons (Fsp3) is 0.286. The van der Waals surface area contributed by atoms with Gasteiger partial charge in [0, 0.05) is 13.1 Å². The Kier molecular flexibility index (Phi) is 4.65. The second kappa shape index (κ2) is 6.65. The summed E-state index contributed by atoms with van der Waals surface area (Å²) in [7, 11) is 0. The molecule has 0 unspecified atom stereocenters. The fourth-order valence-electron chi connectivity index (χ4n) is 1.89. The van der Waals surface area contributed by atoms with Crippen LogP contribution in [0.15, 0.2) is 36.5 Å². The van der Waals surface area contributed by atoms with E-state index in [2.05, 4.69) is 10.3 Å². The Bertz CT molecular complexity index is 624. The molecule has 1 amide bonds. The lowest BCUT2D eigenvalue weighted by atomic mass is 10.2. The van der Waals surface area contributed by atoms with Crippen LogP contribution >= 0.6 is 0 Å². The molecular weight excluding hydrogens is 272 g/mol. The maximum absolute atomic E-state index is 12.2. The molecule has 0 atom stereocenters. The minimum absolute atomic E-state index is 0.0268. The number of likely N-dealkylation sites (N-methyl/N-ethyl adjacent to an activating group) is 1. The smallest absolute Gasteiger partial charge is 0.358 e. The van der Waals surface area contributed by atoms with Crippen LogP contribution in [0.2, 0.25) is 0 Å². The molecule has 110 valence electrons. The Hall–Kier alpha value is -2.70. The molecule has 0 saturated carbocycles. The van der Waals surface area contributed by atoms with Crippen molar-refractivity contribution in [2.45, 2.75) is 20.0 Å². The van der Waals surface area contributed by atoms with Gasteiger partial charge in [-0.2, -0.15) is 0 Å². The number of aromatic carboxylic acids is 1. The average Bonchev–Trinajstić information content (AvgIpc) is 2.94. The van der Waals surface area contributed by atoms with Crippen molar-refractivity contribution in [3.8, 4) is 0 Å². The van der Waals surface area contributed by atoms with Gasteiger partial charge in [-0.3, -0.25) is 4.79 Å². The van der Waals surface area contributed by atoms with Crippen molar-refractivity contribution in [2.24, 2.45) is 0 Å². The molecule has 0 radical (unpaired) electrons. The third-order valence-electron chi connectivity index (χ3n) is 3.01. The Morgan fingerprint density at radius 2 is 2.00 bits per heavy atom. The monoisotopic (exact) mass is 288 g/mol. The number of carbonyl (C=O) groups excluding carboxylic acids is 1. The van der Waals surface area contributed by atoms with Crippen LogP contribution in [0.25, 0.3) is 0 Å². The van der Waals surface area contributed by atoms with E-state index in [1.807, 2.05) is 37.3 Å². The molecule has 7 heteroatoms. The number of carboxylic acids is 1. The van der Waals surface area contributed by atoms with E-state index < -0.39 is 5.97 Å². The van der Waals surface area contributed by atoms with Crippen LogP contribution in [0.3, 0.4) is 0 Å². The highest BCUT2D eigenvalue weighted by atomic mass is 16.4. The summed E-state index contributed by atoms with van der Waals surface area (Å²) in [6, 6.07) is 9.67. The zero-order valence-corrected chi connectivity index (χ0v) is 11.6. The van der Waals surface area contributed by atoms with Gasteiger partial charge in [-0.05, 0) is 12.5 Å². The van der Waals surface area contributed by atoms with Crippen molar-refractivity contribution in [1.82, 2.24) is 19.9 Å². The summed E-state index contributed by atoms with van der Waals surface area (Å²) in [5.41, 5.74) is 0.867. The minimum atomic E-state index is -1.16. The molecule has 0 spiro atoms. The topological polar surface area (TPSA) is 88.3 Å². The van der Waals surface area contributed by atoms with Gasteiger partial charge in [0.2, 0.25) is 5.91 Å². The van der Waals surface area contributed by atoms with Gasteiger partial charge in [0.15, 0.2) is 5.69 Å². The van der Waals surface area contributed by atoms with Crippen LogP contribution in [0.4, 0.5) is 0 Å². The molecule has 0 fully saturated rings. The Labute approximate surface area is 121 Å². The van der Waals surface area contributed by atoms with E-state index in [1.54, 1.807) is 4.90 Å². The highest BCUT2D eigenvalue weighted by molar-refractivity contribution is 5.84. The summed E-state index contributed by atoms with van der Waals surface area (Å²) < 4.78 is 1.24. The number of aromatic nitrogens is 3. The molecule has 1 aromatic carbocycles. The predicted molar refractivity (Wildman–Crippen MR) is 74.5 cm³/mol. The van der Waals surface area contributed by atoms with Crippen molar-refractivity contribution >= 4 is 11.9 Å². The second-order valence-electron chi connectivity index (χ2n) is 4.50. The van der Waals surface area contributed by atoms with Gasteiger partial charge in [-0.15, -0.1) is 5.10 Å². The Balaban J connectivity index is 2.01. The van der Waals surface area contributed by atoms with Crippen molar-refractivity contribution in [3.05, 3.63) is 47.8 Å². The lowest BCUT2D eigenvalue weighted by Crippen LogP contribution is -2.33. The van der Waals surface area contributed by atoms with Gasteiger partial charge in [-0.1, -0.05) is 35.5 Å². The van der Waals surface area contributed by atoms with E-state index in [4.69, 9.17) is 5.11 Å². The maximum atomic E-state index is 12.2. The highest BCUT2D eigenvalue weighted by Crippen LogP contribution is 2.05. The molecule has 0 saturated heterocycles. The van der Waals surface area contributed by atoms with Gasteiger partial charge in [-0.25, -0.2) is 9.48 Å². The summed E-state index contributed by atoms with van der Waals surface area (Å²) in [4.78, 5) is 24.6. The third-order valence-corrected chi connectivity index (χ3v) is 3.01. The van der Waals surface area contributed by atoms with Crippen molar-refractivity contribution in [1.29, 1.82) is 0 Å². The first-order valence-electron chi connectivity index (χ1n) is 6.55. The SMILES string of the molecule is CCN(Cc1ccccc1)C(=O)Cn1cc(C(=O)O)nn1. The summed E-state index contributed by atoms with van der Waals surface area (Å²) in [6.45, 7) is 2.94. The lowest BCUT2D eigenvalue weighted by molar-refractivity contribution is -0.132. The fourth-order valence-corrected chi connectivity index (χ4v) is 1.89. The quantitative estimate of drug-likeness (QED) is 0.857. The summed E-state index contributed by atoms with van der Waals surface area (Å²) >= 11 is 0. The van der Waals surface area contributed by atoms with Crippen LogP contribution in [-0.2, 0) is 17.9 Å². The molecule has 1 heterocycles. The number of rotatable bonds is 6. The normalized spacial score (nSPS) is 10.3. The predicted octanol–water partition coefficient (Wildman–Crippen LogP) is 1.02. The number of hydrogen-bond acceptors (Lipinski definition) is 4. The molecule has 0 aliphatic carbocycles. The molecule has 1 N–H and O–H groups in total. The van der Waals surface area contributed by atoms with Gasteiger partial charge in [0.25, 0.3) is 0 Å². The standard InChI is InChI=1S/C14H16N4O3/c1-2-17(8-11-6-4-3-5-7-11)13(19)10-18-9-12(14(20)21)15-16-18/h3-7,9H,2,8,10H2,1H3,(H,20,21). The number of carbonyl (C=O) groups is 2. The van der Waals surface area contributed by atoms with Gasteiger partial charge >= 0.3 is 5.97 Å². The highest BCUT2D eigenvalue weighted by Gasteiger charge is 2.15. The Morgan fingerprint density at radius 1 is 1.29 bits per heavy atom. The zero-order chi connectivity index (χ0) is 15.2. The number of nitrogens with zero attached hydrogens (tertiary/aromatic N) is 4. The van der Waals surface area contributed by atoms with Crippen LogP contribution in [0.1, 0.15) is 23.0 Å². The number of benzene rings is 1. The van der Waals surface area contributed by atoms with Gasteiger partial charge < -0.3 is 10.0 Å². The zero-order valence-electron chi connectivity index (χ0n) is 11.6. The molecule has 0 aliphatic heterocycles. The number of hydrogen-bond donors (Lipinski definition) is 1. The first kappa shape index (κ1) is 14.7. The molecule has 21 heavy (non-hydrogen) atoms. The van der Waals surface area contributed by atoms with E-state index in [9.17, 15) is 9.59 Å². The number of carboxylic acid groups (broad SMARTS) is 1. The summed E-state index contributed by atoms with van der Waals surface area (Å²) in [5.74, 6) is -1.30. The summed E-state index contributed by atoms with van der Waals surface area (Å²) in [5, 5.41) is 15.9. The first-order chi connectivity index (χ1) is 10.1. The van der Waals surface area contributed by atoms with Crippen LogP contribution in [0.5, 0.6) is 0 Å². The van der Waals surface area contributed by atoms with Crippen LogP contribution in [-0.4, -0.2) is 43.4 Å². The van der Waals surface area contributed by atoms with Gasteiger partial charge in [0.05, 0.1) is 6.20 Å². The Morgan fingerprint density at radius 3 is 2.57 bits per heavy atom. The largest absolute Gasteiger partial charge is 0.476 e. The van der Waals surface area contributed by atoms with E-state index in [0.717, 1.165) is 5.56 Å². The summed E-state index contributed by atoms with van der Waals surface area (Å²) in [6.07, 6.45) is 1.25. The van der Waals surface area contributed by atoms with E-state index in [1.165, 1.54) is 10.9 Å². The third kappa shape index (κ3) is 3.88. The van der Waals surface area contributed by atoms with Gasteiger partial charge in [0.1, 0.15) is 6.54 Å². The molecule has 7 nitrogen and oxygen atoms in total. The average molecular weight is 288 g/mol.